The molecule has 0 bridgehead atoms. The molecule has 130 valence electrons. The average molecular weight is 354 g/mol. The first-order chi connectivity index (χ1) is 12.2. The summed E-state index contributed by atoms with van der Waals surface area (Å²) in [7, 11) is 0. The van der Waals surface area contributed by atoms with Crippen molar-refractivity contribution in [3.05, 3.63) is 57.5 Å². The van der Waals surface area contributed by atoms with Crippen molar-refractivity contribution in [2.45, 2.75) is 32.7 Å². The summed E-state index contributed by atoms with van der Waals surface area (Å²) >= 11 is 1.51. The zero-order valence-electron chi connectivity index (χ0n) is 14.4. The van der Waals surface area contributed by atoms with Crippen LogP contribution in [0.15, 0.2) is 40.5 Å². The van der Waals surface area contributed by atoms with E-state index < -0.39 is 0 Å². The van der Waals surface area contributed by atoms with Crippen molar-refractivity contribution in [1.29, 1.82) is 0 Å². The second-order valence-corrected chi connectivity index (χ2v) is 7.34. The summed E-state index contributed by atoms with van der Waals surface area (Å²) in [6.07, 6.45) is 3.82. The third kappa shape index (κ3) is 3.26. The van der Waals surface area contributed by atoms with E-state index in [9.17, 15) is 4.79 Å². The summed E-state index contributed by atoms with van der Waals surface area (Å²) in [5.74, 6) is 0. The molecule has 1 aromatic carbocycles. The normalized spacial score (nSPS) is 14.8. The van der Waals surface area contributed by atoms with Crippen LogP contribution in [0, 0.1) is 6.92 Å². The number of nitrogens with one attached hydrogen (secondary N) is 1. The molecule has 0 saturated carbocycles. The van der Waals surface area contributed by atoms with Gasteiger partial charge in [0, 0.05) is 30.2 Å². The first-order valence-corrected chi connectivity index (χ1v) is 9.65. The van der Waals surface area contributed by atoms with Crippen LogP contribution in [0.25, 0.3) is 4.96 Å². The number of aromatic nitrogens is 2. The Morgan fingerprint density at radius 2 is 2.00 bits per heavy atom. The first kappa shape index (κ1) is 16.1. The Labute approximate surface area is 150 Å². The minimum Gasteiger partial charge on any atom is -0.378 e. The highest BCUT2D eigenvalue weighted by Crippen LogP contribution is 2.28. The zero-order valence-corrected chi connectivity index (χ0v) is 15.2. The molecule has 5 nitrogen and oxygen atoms in total. The Morgan fingerprint density at radius 1 is 1.20 bits per heavy atom. The van der Waals surface area contributed by atoms with Gasteiger partial charge in [-0.25, -0.2) is 4.98 Å². The highest BCUT2D eigenvalue weighted by atomic mass is 32.1. The van der Waals surface area contributed by atoms with Crippen molar-refractivity contribution in [1.82, 2.24) is 9.38 Å². The van der Waals surface area contributed by atoms with Gasteiger partial charge in [-0.1, -0.05) is 12.1 Å². The molecule has 25 heavy (non-hydrogen) atoms. The van der Waals surface area contributed by atoms with E-state index in [1.807, 2.05) is 18.4 Å². The quantitative estimate of drug-likeness (QED) is 0.777. The molecule has 2 aromatic heterocycles. The predicted molar refractivity (Wildman–Crippen MR) is 104 cm³/mol. The Bertz CT molecular complexity index is 940. The van der Waals surface area contributed by atoms with Crippen molar-refractivity contribution < 1.29 is 0 Å². The summed E-state index contributed by atoms with van der Waals surface area (Å²) in [5, 5.41) is 5.44. The highest BCUT2D eigenvalue weighted by Gasteiger charge is 2.14. The van der Waals surface area contributed by atoms with Crippen LogP contribution in [0.1, 0.15) is 30.7 Å². The molecule has 0 amide bonds. The summed E-state index contributed by atoms with van der Waals surface area (Å²) in [6.45, 7) is 4.70. The number of benzene rings is 1. The summed E-state index contributed by atoms with van der Waals surface area (Å²) in [4.78, 5) is 20.1. The number of anilines is 2. The molecule has 3 heterocycles. The van der Waals surface area contributed by atoms with Gasteiger partial charge in [-0.15, -0.1) is 11.3 Å². The third-order valence-electron chi connectivity index (χ3n) is 4.69. The van der Waals surface area contributed by atoms with Gasteiger partial charge in [0.15, 0.2) is 4.96 Å². The van der Waals surface area contributed by atoms with Gasteiger partial charge in [0.2, 0.25) is 0 Å². The standard InChI is InChI=1S/C19H22N4OS/c1-14-13-25-19-21-15(11-18(24)23(14)19)12-20-16-7-3-4-8-17(16)22-9-5-2-6-10-22/h3-4,7-8,11,13,20H,2,5-6,9-10,12H2,1H3. The number of piperidine rings is 1. The fraction of sp³-hybridized carbons (Fsp3) is 0.368. The fourth-order valence-electron chi connectivity index (χ4n) is 3.41. The van der Waals surface area contributed by atoms with Gasteiger partial charge in [-0.3, -0.25) is 9.20 Å². The van der Waals surface area contributed by atoms with E-state index in [2.05, 4.69) is 33.4 Å². The Hall–Kier alpha value is -2.34. The Kier molecular flexibility index (Phi) is 4.44. The smallest absolute Gasteiger partial charge is 0.259 e. The van der Waals surface area contributed by atoms with Gasteiger partial charge >= 0.3 is 0 Å². The lowest BCUT2D eigenvalue weighted by atomic mass is 10.1. The minimum atomic E-state index is -0.00938. The maximum absolute atomic E-state index is 12.3. The van der Waals surface area contributed by atoms with Gasteiger partial charge in [0.25, 0.3) is 5.56 Å². The number of hydrogen-bond acceptors (Lipinski definition) is 5. The molecular weight excluding hydrogens is 332 g/mol. The van der Waals surface area contributed by atoms with Crippen molar-refractivity contribution >= 4 is 27.7 Å². The molecule has 0 spiro atoms. The van der Waals surface area contributed by atoms with E-state index in [0.717, 1.165) is 35.1 Å². The molecule has 0 aliphatic carbocycles. The lowest BCUT2D eigenvalue weighted by molar-refractivity contribution is 0.578. The Morgan fingerprint density at radius 3 is 2.84 bits per heavy atom. The van der Waals surface area contributed by atoms with E-state index in [1.165, 1.54) is 36.3 Å². The van der Waals surface area contributed by atoms with Crippen LogP contribution in [0.3, 0.4) is 0 Å². The fourth-order valence-corrected chi connectivity index (χ4v) is 4.30. The van der Waals surface area contributed by atoms with Crippen LogP contribution >= 0.6 is 11.3 Å². The molecule has 0 radical (unpaired) electrons. The molecule has 1 saturated heterocycles. The van der Waals surface area contributed by atoms with Gasteiger partial charge < -0.3 is 10.2 Å². The molecule has 1 aliphatic rings. The van der Waals surface area contributed by atoms with Gasteiger partial charge in [-0.05, 0) is 38.3 Å². The summed E-state index contributed by atoms with van der Waals surface area (Å²) in [5.41, 5.74) is 4.05. The number of para-hydroxylation sites is 2. The third-order valence-corrected chi connectivity index (χ3v) is 5.63. The predicted octanol–water partition coefficient (Wildman–Crippen LogP) is 3.67. The number of thiazole rings is 1. The summed E-state index contributed by atoms with van der Waals surface area (Å²) in [6, 6.07) is 10.0. The van der Waals surface area contributed by atoms with Crippen molar-refractivity contribution in [3.8, 4) is 0 Å². The zero-order chi connectivity index (χ0) is 17.2. The van der Waals surface area contributed by atoms with Crippen LogP contribution in [-0.4, -0.2) is 22.5 Å². The number of hydrogen-bond donors (Lipinski definition) is 1. The molecule has 0 atom stereocenters. The molecule has 3 aromatic rings. The van der Waals surface area contributed by atoms with Crippen LogP contribution in [0.2, 0.25) is 0 Å². The van der Waals surface area contributed by atoms with Gasteiger partial charge in [0.1, 0.15) is 0 Å². The lowest BCUT2D eigenvalue weighted by Gasteiger charge is -2.30. The van der Waals surface area contributed by atoms with E-state index in [-0.39, 0.29) is 5.56 Å². The maximum atomic E-state index is 12.3. The van der Waals surface area contributed by atoms with E-state index in [1.54, 1.807) is 10.5 Å². The van der Waals surface area contributed by atoms with Gasteiger partial charge in [-0.2, -0.15) is 0 Å². The monoisotopic (exact) mass is 354 g/mol. The molecule has 1 fully saturated rings. The van der Waals surface area contributed by atoms with Crippen LogP contribution in [-0.2, 0) is 6.54 Å². The van der Waals surface area contributed by atoms with Crippen LogP contribution in [0.4, 0.5) is 11.4 Å². The first-order valence-electron chi connectivity index (χ1n) is 8.77. The van der Waals surface area contributed by atoms with E-state index >= 15 is 0 Å². The van der Waals surface area contributed by atoms with Crippen molar-refractivity contribution in [2.24, 2.45) is 0 Å². The second kappa shape index (κ2) is 6.88. The number of rotatable bonds is 4. The van der Waals surface area contributed by atoms with E-state index in [4.69, 9.17) is 0 Å². The molecule has 6 heteroatoms. The molecule has 1 aliphatic heterocycles. The maximum Gasteiger partial charge on any atom is 0.259 e. The largest absolute Gasteiger partial charge is 0.378 e. The van der Waals surface area contributed by atoms with Crippen molar-refractivity contribution in [2.75, 3.05) is 23.3 Å². The minimum absolute atomic E-state index is 0.00938. The van der Waals surface area contributed by atoms with Crippen LogP contribution < -0.4 is 15.8 Å². The molecular formula is C19H22N4OS. The SMILES string of the molecule is Cc1csc2nc(CNc3ccccc3N3CCCCC3)cc(=O)n12. The lowest BCUT2D eigenvalue weighted by Crippen LogP contribution is -2.30. The van der Waals surface area contributed by atoms with Gasteiger partial charge in [0.05, 0.1) is 23.6 Å². The van der Waals surface area contributed by atoms with E-state index in [0.29, 0.717) is 6.54 Å². The average Bonchev–Trinajstić information content (AvgIpc) is 3.02. The second-order valence-electron chi connectivity index (χ2n) is 6.50. The van der Waals surface area contributed by atoms with Crippen molar-refractivity contribution in [3.63, 3.8) is 0 Å². The highest BCUT2D eigenvalue weighted by molar-refractivity contribution is 7.15. The molecule has 0 unspecified atom stereocenters. The molecule has 1 N–H and O–H groups in total. The summed E-state index contributed by atoms with van der Waals surface area (Å²) < 4.78 is 1.66. The number of nitrogens with zero attached hydrogens (tertiary/aromatic N) is 3. The van der Waals surface area contributed by atoms with Crippen LogP contribution in [0.5, 0.6) is 0 Å². The molecule has 4 rings (SSSR count). The number of fused-ring (bicyclic) bond motifs is 1. The number of aryl methyl sites for hydroxylation is 1. The topological polar surface area (TPSA) is 49.6 Å². The Balaban J connectivity index is 1.56.